The first-order valence-electron chi connectivity index (χ1n) is 10.5. The van der Waals surface area contributed by atoms with Gasteiger partial charge in [0.15, 0.2) is 0 Å². The van der Waals surface area contributed by atoms with Gasteiger partial charge in [0.05, 0.1) is 25.0 Å². The second-order valence-electron chi connectivity index (χ2n) is 7.84. The number of amides is 1. The number of hydrogen-bond donors (Lipinski definition) is 0. The number of para-hydroxylation sites is 1. The molecule has 2 heterocycles. The smallest absolute Gasteiger partial charge is 0.381 e. The van der Waals surface area contributed by atoms with Crippen LogP contribution in [0, 0.1) is 0 Å². The largest absolute Gasteiger partial charge is 0.497 e. The minimum Gasteiger partial charge on any atom is -0.497 e. The van der Waals surface area contributed by atoms with Crippen molar-refractivity contribution < 1.29 is 27.8 Å². The number of halogens is 2. The van der Waals surface area contributed by atoms with Gasteiger partial charge in [-0.1, -0.05) is 30.3 Å². The lowest BCUT2D eigenvalue weighted by Gasteiger charge is -2.24. The van der Waals surface area contributed by atoms with Gasteiger partial charge in [-0.2, -0.15) is 8.78 Å². The number of benzene rings is 2. The summed E-state index contributed by atoms with van der Waals surface area (Å²) in [6.45, 7) is 0.847. The summed E-state index contributed by atoms with van der Waals surface area (Å²) >= 11 is 0. The van der Waals surface area contributed by atoms with Crippen molar-refractivity contribution in [2.75, 3.05) is 27.3 Å². The molecule has 2 aromatic carbocycles. The van der Waals surface area contributed by atoms with Gasteiger partial charge in [0.25, 0.3) is 5.91 Å². The molecule has 172 valence electrons. The van der Waals surface area contributed by atoms with Crippen LogP contribution in [0.15, 0.2) is 54.1 Å². The minimum absolute atomic E-state index is 0.127. The van der Waals surface area contributed by atoms with Crippen LogP contribution in [0.1, 0.15) is 28.5 Å². The van der Waals surface area contributed by atoms with Crippen LogP contribution in [0.2, 0.25) is 0 Å². The maximum absolute atomic E-state index is 15.6. The summed E-state index contributed by atoms with van der Waals surface area (Å²) in [5.74, 6) is -5.44. The van der Waals surface area contributed by atoms with Crippen molar-refractivity contribution in [2.24, 2.45) is 7.05 Å². The summed E-state index contributed by atoms with van der Waals surface area (Å²) in [5.41, 5.74) is 1.43. The van der Waals surface area contributed by atoms with E-state index in [4.69, 9.17) is 9.47 Å². The minimum atomic E-state index is -3.95. The lowest BCUT2D eigenvalue weighted by molar-refractivity contribution is -0.166. The highest BCUT2D eigenvalue weighted by Crippen LogP contribution is 2.43. The Morgan fingerprint density at radius 2 is 1.76 bits per heavy atom. The number of carbonyl (C=O) groups is 2. The Bertz CT molecular complexity index is 1280. The number of fused-ring (bicyclic) bond motifs is 3. The van der Waals surface area contributed by atoms with Crippen molar-refractivity contribution in [3.05, 3.63) is 70.9 Å². The number of carbonyl (C=O) groups excluding carboxylic acids is 2. The van der Waals surface area contributed by atoms with Crippen LogP contribution >= 0.6 is 0 Å². The molecule has 0 spiro atoms. The summed E-state index contributed by atoms with van der Waals surface area (Å²) in [6, 6.07) is 13.8. The van der Waals surface area contributed by atoms with Gasteiger partial charge in [0, 0.05) is 42.7 Å². The highest BCUT2D eigenvalue weighted by atomic mass is 19.3. The summed E-state index contributed by atoms with van der Waals surface area (Å²) < 4.78 is 42.9. The molecule has 0 radical (unpaired) electrons. The maximum atomic E-state index is 15.6. The SMILES string of the molecule is CCOC(=O)C(F)(F)C1=C(c2ccc(OC)cc2)c2c(c3ccccc3n2C)C(=O)N(C)C1. The zero-order valence-electron chi connectivity index (χ0n) is 18.8. The fourth-order valence-corrected chi connectivity index (χ4v) is 4.29. The van der Waals surface area contributed by atoms with Crippen LogP contribution in [-0.2, 0) is 16.6 Å². The van der Waals surface area contributed by atoms with Crippen molar-refractivity contribution in [2.45, 2.75) is 12.8 Å². The second-order valence-corrected chi connectivity index (χ2v) is 7.84. The van der Waals surface area contributed by atoms with E-state index in [0.29, 0.717) is 28.0 Å². The molecule has 0 unspecified atom stereocenters. The molecule has 1 amide bonds. The molecule has 6 nitrogen and oxygen atoms in total. The molecule has 0 saturated carbocycles. The standard InChI is InChI=1S/C25H24F2N2O4/c1-5-33-24(31)25(26,27)18-14-28(2)23(30)21-17-8-6-7-9-19(17)29(3)22(21)20(18)15-10-12-16(32-4)13-11-15/h6-13H,5,14H2,1-4H3. The van der Waals surface area contributed by atoms with Gasteiger partial charge in [-0.15, -0.1) is 0 Å². The topological polar surface area (TPSA) is 60.8 Å². The number of alkyl halides is 2. The molecule has 8 heteroatoms. The van der Waals surface area contributed by atoms with E-state index >= 15 is 8.78 Å². The van der Waals surface area contributed by atoms with E-state index in [1.807, 2.05) is 12.1 Å². The monoisotopic (exact) mass is 454 g/mol. The molecule has 0 aliphatic carbocycles. The number of esters is 1. The Balaban J connectivity index is 2.14. The third kappa shape index (κ3) is 3.55. The normalized spacial score (nSPS) is 14.4. The Morgan fingerprint density at radius 3 is 2.39 bits per heavy atom. The molecule has 0 fully saturated rings. The molecule has 1 aliphatic heterocycles. The first-order chi connectivity index (χ1) is 15.7. The van der Waals surface area contributed by atoms with Crippen LogP contribution in [0.3, 0.4) is 0 Å². The number of hydrogen-bond acceptors (Lipinski definition) is 4. The van der Waals surface area contributed by atoms with E-state index in [2.05, 4.69) is 0 Å². The Morgan fingerprint density at radius 1 is 1.09 bits per heavy atom. The van der Waals surface area contributed by atoms with E-state index < -0.39 is 29.9 Å². The molecule has 4 rings (SSSR count). The molecule has 0 bridgehead atoms. The van der Waals surface area contributed by atoms with Gasteiger partial charge >= 0.3 is 11.9 Å². The number of methoxy groups -OCH3 is 1. The first-order valence-corrected chi connectivity index (χ1v) is 10.5. The van der Waals surface area contributed by atoms with Gasteiger partial charge < -0.3 is 18.9 Å². The van der Waals surface area contributed by atoms with Crippen molar-refractivity contribution >= 4 is 28.4 Å². The zero-order valence-corrected chi connectivity index (χ0v) is 18.8. The lowest BCUT2D eigenvalue weighted by atomic mass is 9.91. The predicted octanol–water partition coefficient (Wildman–Crippen LogP) is 4.27. The van der Waals surface area contributed by atoms with E-state index in [9.17, 15) is 9.59 Å². The summed E-state index contributed by atoms with van der Waals surface area (Å²) in [4.78, 5) is 27.0. The number of rotatable bonds is 5. The molecule has 1 aromatic heterocycles. The summed E-state index contributed by atoms with van der Waals surface area (Å²) in [6.07, 6.45) is 0. The van der Waals surface area contributed by atoms with E-state index in [1.54, 1.807) is 48.0 Å². The average molecular weight is 454 g/mol. The number of aromatic nitrogens is 1. The fraction of sp³-hybridized carbons (Fsp3) is 0.280. The third-order valence-electron chi connectivity index (χ3n) is 5.89. The number of ether oxygens (including phenoxy) is 2. The highest BCUT2D eigenvalue weighted by Gasteiger charge is 2.49. The number of nitrogens with zero attached hydrogens (tertiary/aromatic N) is 2. The van der Waals surface area contributed by atoms with Crippen molar-refractivity contribution in [3.63, 3.8) is 0 Å². The summed E-state index contributed by atoms with van der Waals surface area (Å²) in [7, 11) is 4.69. The van der Waals surface area contributed by atoms with Crippen molar-refractivity contribution in [1.82, 2.24) is 9.47 Å². The van der Waals surface area contributed by atoms with Crippen LogP contribution in [0.5, 0.6) is 5.75 Å². The van der Waals surface area contributed by atoms with E-state index in [0.717, 1.165) is 5.52 Å². The quantitative estimate of drug-likeness (QED) is 0.540. The predicted molar refractivity (Wildman–Crippen MR) is 120 cm³/mol. The molecular weight excluding hydrogens is 430 g/mol. The third-order valence-corrected chi connectivity index (χ3v) is 5.89. The fourth-order valence-electron chi connectivity index (χ4n) is 4.29. The van der Waals surface area contributed by atoms with Gasteiger partial charge in [0.2, 0.25) is 0 Å². The molecule has 0 atom stereocenters. The molecule has 0 N–H and O–H groups in total. The summed E-state index contributed by atoms with van der Waals surface area (Å²) in [5, 5.41) is 0.651. The molecular formula is C25H24F2N2O4. The number of likely N-dealkylation sites (N-methyl/N-ethyl adjacent to an activating group) is 1. The van der Waals surface area contributed by atoms with Crippen LogP contribution in [-0.4, -0.2) is 54.6 Å². The van der Waals surface area contributed by atoms with Crippen LogP contribution < -0.4 is 4.74 Å². The average Bonchev–Trinajstić information content (AvgIpc) is 3.04. The maximum Gasteiger partial charge on any atom is 0.381 e. The molecule has 0 saturated heterocycles. The van der Waals surface area contributed by atoms with Gasteiger partial charge in [-0.05, 0) is 30.7 Å². The van der Waals surface area contributed by atoms with Gasteiger partial charge in [-0.25, -0.2) is 4.79 Å². The lowest BCUT2D eigenvalue weighted by Crippen LogP contribution is -2.39. The van der Waals surface area contributed by atoms with Crippen LogP contribution in [0.25, 0.3) is 16.5 Å². The van der Waals surface area contributed by atoms with Crippen LogP contribution in [0.4, 0.5) is 8.78 Å². The Labute approximate surface area is 190 Å². The first kappa shape index (κ1) is 22.5. The zero-order chi connectivity index (χ0) is 23.9. The van der Waals surface area contributed by atoms with Crippen molar-refractivity contribution in [3.8, 4) is 5.75 Å². The van der Waals surface area contributed by atoms with E-state index in [-0.39, 0.29) is 12.2 Å². The van der Waals surface area contributed by atoms with Crippen molar-refractivity contribution in [1.29, 1.82) is 0 Å². The molecule has 1 aliphatic rings. The van der Waals surface area contributed by atoms with Gasteiger partial charge in [-0.3, -0.25) is 4.79 Å². The Hall–Kier alpha value is -3.68. The highest BCUT2D eigenvalue weighted by molar-refractivity contribution is 6.13. The van der Waals surface area contributed by atoms with E-state index in [1.165, 1.54) is 26.0 Å². The molecule has 3 aromatic rings. The second kappa shape index (κ2) is 8.35. The Kier molecular flexibility index (Phi) is 5.69. The number of aryl methyl sites for hydroxylation is 1. The molecule has 33 heavy (non-hydrogen) atoms. The van der Waals surface area contributed by atoms with Gasteiger partial charge in [0.1, 0.15) is 5.75 Å².